The maximum atomic E-state index is 5.67. The first-order chi connectivity index (χ1) is 4.72. The Morgan fingerprint density at radius 1 is 1.55 bits per heavy atom. The summed E-state index contributed by atoms with van der Waals surface area (Å²) < 4.78 is 5.67. The number of fused-ring (bicyclic) bond motifs is 3. The minimum absolute atomic E-state index is 0. The van der Waals surface area contributed by atoms with Crippen molar-refractivity contribution in [3.63, 3.8) is 0 Å². The van der Waals surface area contributed by atoms with Crippen molar-refractivity contribution in [3.8, 4) is 0 Å². The molecule has 0 aromatic carbocycles. The van der Waals surface area contributed by atoms with Crippen molar-refractivity contribution in [3.05, 3.63) is 5.92 Å². The summed E-state index contributed by atoms with van der Waals surface area (Å²) in [7, 11) is 0. The summed E-state index contributed by atoms with van der Waals surface area (Å²) in [5.74, 6) is 3.55. The van der Waals surface area contributed by atoms with Crippen LogP contribution in [0, 0.1) is 17.8 Å². The SMILES string of the molecule is C[C-]1[C@@H]2[C@H]1CC[C@@]1(C)O[C@@H]21.[Re]. The molecule has 0 bridgehead atoms. The Balaban J connectivity index is 0.000000480. The van der Waals surface area contributed by atoms with Crippen LogP contribution in [0.25, 0.3) is 0 Å². The molecule has 1 radical (unpaired) electrons. The fourth-order valence-corrected chi connectivity index (χ4v) is 2.70. The monoisotopic (exact) mass is 324 g/mol. The zero-order chi connectivity index (χ0) is 6.93. The van der Waals surface area contributed by atoms with E-state index in [2.05, 4.69) is 13.8 Å². The molecule has 0 amide bonds. The summed E-state index contributed by atoms with van der Waals surface area (Å²) in [6.45, 7) is 4.56. The van der Waals surface area contributed by atoms with Crippen LogP contribution in [0.4, 0.5) is 0 Å². The van der Waals surface area contributed by atoms with E-state index >= 15 is 0 Å². The molecule has 2 aliphatic carbocycles. The standard InChI is InChI=1S/C9H13O.Re/c1-5-6-3-4-9(2)8(10-9)7(5)6;/h6-8H,3-4H2,1-2H3;/q-1;/t6-,7+,8-,9+;/m0./s1. The Labute approximate surface area is 81.5 Å². The summed E-state index contributed by atoms with van der Waals surface area (Å²) in [6.07, 6.45) is 3.32. The first-order valence-corrected chi connectivity index (χ1v) is 4.23. The largest absolute Gasteiger partial charge is 0.369 e. The molecule has 11 heavy (non-hydrogen) atoms. The van der Waals surface area contributed by atoms with Crippen molar-refractivity contribution in [1.29, 1.82) is 0 Å². The average molecular weight is 323 g/mol. The van der Waals surface area contributed by atoms with Gasteiger partial charge in [-0.25, -0.2) is 0 Å². The average Bonchev–Trinajstić information content (AvgIpc) is 2.69. The molecule has 2 saturated carbocycles. The molecular formula is C9H13ORe-. The molecule has 2 heteroatoms. The van der Waals surface area contributed by atoms with E-state index in [1.807, 2.05) is 0 Å². The van der Waals surface area contributed by atoms with Crippen molar-refractivity contribution in [2.45, 2.75) is 38.4 Å². The van der Waals surface area contributed by atoms with E-state index in [0.717, 1.165) is 11.8 Å². The molecule has 3 aliphatic rings. The molecule has 3 fully saturated rings. The molecule has 0 spiro atoms. The molecule has 1 aliphatic heterocycles. The van der Waals surface area contributed by atoms with Gasteiger partial charge in [-0.15, -0.1) is 0 Å². The van der Waals surface area contributed by atoms with Crippen LogP contribution < -0.4 is 0 Å². The zero-order valence-corrected chi connectivity index (χ0v) is 9.65. The van der Waals surface area contributed by atoms with E-state index < -0.39 is 0 Å². The van der Waals surface area contributed by atoms with Crippen LogP contribution in [0.3, 0.4) is 0 Å². The second-order valence-electron chi connectivity index (χ2n) is 4.27. The molecule has 3 rings (SSSR count). The second-order valence-corrected chi connectivity index (χ2v) is 4.27. The van der Waals surface area contributed by atoms with Crippen LogP contribution >= 0.6 is 0 Å². The third-order valence-electron chi connectivity index (χ3n) is 3.65. The molecule has 0 aromatic rings. The number of epoxide rings is 1. The maximum absolute atomic E-state index is 5.67. The number of ether oxygens (including phenoxy) is 1. The van der Waals surface area contributed by atoms with Gasteiger partial charge < -0.3 is 10.7 Å². The van der Waals surface area contributed by atoms with Gasteiger partial charge in [0.05, 0.1) is 11.7 Å². The summed E-state index contributed by atoms with van der Waals surface area (Å²) in [5.41, 5.74) is 0.318. The molecular weight excluding hydrogens is 310 g/mol. The minimum atomic E-state index is 0. The smallest absolute Gasteiger partial charge is 0.0895 e. The molecule has 1 nitrogen and oxygen atoms in total. The normalized spacial score (nSPS) is 58.9. The van der Waals surface area contributed by atoms with Crippen LogP contribution in [0.2, 0.25) is 0 Å². The van der Waals surface area contributed by atoms with E-state index in [4.69, 9.17) is 4.74 Å². The summed E-state index contributed by atoms with van der Waals surface area (Å²) in [5, 5.41) is 0. The van der Waals surface area contributed by atoms with Gasteiger partial charge >= 0.3 is 0 Å². The van der Waals surface area contributed by atoms with Crippen molar-refractivity contribution < 1.29 is 25.2 Å². The fraction of sp³-hybridized carbons (Fsp3) is 0.889. The van der Waals surface area contributed by atoms with Crippen LogP contribution in [0.15, 0.2) is 0 Å². The summed E-state index contributed by atoms with van der Waals surface area (Å²) >= 11 is 0. The topological polar surface area (TPSA) is 12.5 Å². The van der Waals surface area contributed by atoms with E-state index in [-0.39, 0.29) is 20.4 Å². The Morgan fingerprint density at radius 2 is 2.27 bits per heavy atom. The predicted molar refractivity (Wildman–Crippen MR) is 38.4 cm³/mol. The Morgan fingerprint density at radius 3 is 2.91 bits per heavy atom. The van der Waals surface area contributed by atoms with E-state index in [1.165, 1.54) is 12.8 Å². The van der Waals surface area contributed by atoms with Crippen LogP contribution in [-0.4, -0.2) is 11.7 Å². The van der Waals surface area contributed by atoms with Crippen LogP contribution in [0.1, 0.15) is 26.7 Å². The number of hydrogen-bond acceptors (Lipinski definition) is 1. The first kappa shape index (κ1) is 8.23. The van der Waals surface area contributed by atoms with Gasteiger partial charge in [0.15, 0.2) is 0 Å². The summed E-state index contributed by atoms with van der Waals surface area (Å²) in [4.78, 5) is 0. The number of hydrogen-bond donors (Lipinski definition) is 0. The Bertz CT molecular complexity index is 194. The second kappa shape index (κ2) is 2.10. The van der Waals surface area contributed by atoms with Crippen molar-refractivity contribution in [2.75, 3.05) is 0 Å². The Kier molecular flexibility index (Phi) is 1.57. The molecule has 0 unspecified atom stereocenters. The molecule has 4 atom stereocenters. The van der Waals surface area contributed by atoms with Gasteiger partial charge in [0.2, 0.25) is 0 Å². The molecule has 1 heterocycles. The van der Waals surface area contributed by atoms with Gasteiger partial charge in [-0.3, -0.25) is 0 Å². The quantitative estimate of drug-likeness (QED) is 0.489. The van der Waals surface area contributed by atoms with Crippen molar-refractivity contribution in [2.24, 2.45) is 11.8 Å². The molecule has 63 valence electrons. The van der Waals surface area contributed by atoms with Crippen molar-refractivity contribution >= 4 is 0 Å². The van der Waals surface area contributed by atoms with Gasteiger partial charge in [-0.2, -0.15) is 18.8 Å². The fourth-order valence-electron chi connectivity index (χ4n) is 2.70. The number of rotatable bonds is 0. The summed E-state index contributed by atoms with van der Waals surface area (Å²) in [6, 6.07) is 0. The molecule has 1 saturated heterocycles. The van der Waals surface area contributed by atoms with Gasteiger partial charge in [0.25, 0.3) is 0 Å². The van der Waals surface area contributed by atoms with Gasteiger partial charge in [-0.05, 0) is 13.3 Å². The van der Waals surface area contributed by atoms with E-state index in [9.17, 15) is 0 Å². The third kappa shape index (κ3) is 0.900. The Hall–Kier alpha value is 0.622. The van der Waals surface area contributed by atoms with E-state index in [0.29, 0.717) is 11.7 Å². The molecule has 0 aromatic heterocycles. The maximum Gasteiger partial charge on any atom is 0.0895 e. The first-order valence-electron chi connectivity index (χ1n) is 4.23. The predicted octanol–water partition coefficient (Wildman–Crippen LogP) is 1.78. The van der Waals surface area contributed by atoms with Gasteiger partial charge in [0, 0.05) is 20.4 Å². The van der Waals surface area contributed by atoms with Gasteiger partial charge in [0.1, 0.15) is 0 Å². The minimum Gasteiger partial charge on any atom is -0.369 e. The van der Waals surface area contributed by atoms with Crippen LogP contribution in [0.5, 0.6) is 0 Å². The third-order valence-corrected chi connectivity index (χ3v) is 3.65. The van der Waals surface area contributed by atoms with Crippen LogP contribution in [-0.2, 0) is 25.2 Å². The molecule has 0 N–H and O–H groups in total. The van der Waals surface area contributed by atoms with Crippen molar-refractivity contribution in [1.82, 2.24) is 0 Å². The zero-order valence-electron chi connectivity index (χ0n) is 6.93. The van der Waals surface area contributed by atoms with Gasteiger partial charge in [-0.1, -0.05) is 6.42 Å². The van der Waals surface area contributed by atoms with E-state index in [1.54, 1.807) is 5.92 Å².